The molecule has 192 valence electrons. The summed E-state index contributed by atoms with van der Waals surface area (Å²) in [5, 5.41) is 3.95. The molecule has 5 heteroatoms. The van der Waals surface area contributed by atoms with Gasteiger partial charge in [-0.1, -0.05) is 98.8 Å². The lowest BCUT2D eigenvalue weighted by Gasteiger charge is -2.40. The van der Waals surface area contributed by atoms with E-state index in [0.29, 0.717) is 0 Å². The first kappa shape index (κ1) is 24.3. The number of hydrogen-bond acceptors (Lipinski definition) is 1. The maximum atomic E-state index is 6.60. The summed E-state index contributed by atoms with van der Waals surface area (Å²) in [5.41, 5.74) is 9.60. The van der Waals surface area contributed by atoms with Gasteiger partial charge in [0, 0.05) is 39.0 Å². The van der Waals surface area contributed by atoms with Crippen molar-refractivity contribution in [3.8, 4) is 16.9 Å². The minimum atomic E-state index is -1.00. The lowest BCUT2D eigenvalue weighted by molar-refractivity contribution is 0.358. The minimum Gasteiger partial charge on any atom is -0.307 e. The normalized spacial score (nSPS) is 13.0. The van der Waals surface area contributed by atoms with E-state index in [9.17, 15) is 0 Å². The molecule has 4 aromatic carbocycles. The second-order valence-corrected chi connectivity index (χ2v) is 12.2. The van der Waals surface area contributed by atoms with Crippen LogP contribution in [0, 0.1) is 5.41 Å². The van der Waals surface area contributed by atoms with E-state index >= 15 is 0 Å². The predicted molar refractivity (Wildman–Crippen MR) is 174 cm³/mol. The third-order valence-electron chi connectivity index (χ3n) is 8.91. The van der Waals surface area contributed by atoms with E-state index < -0.39 is 5.21 Å². The molecule has 0 atom stereocenters. The summed E-state index contributed by atoms with van der Waals surface area (Å²) in [4.78, 5) is 4.96. The zero-order chi connectivity index (χ0) is 28.1. The van der Waals surface area contributed by atoms with Crippen molar-refractivity contribution in [3.63, 3.8) is 0 Å². The standard InChI is InChI=1S/C36H27B2N3/c1-35(2,3)36(37,38)22-19-20-28(39-21-22)26-15-10-18-30-31(26)34-33(40(30)23-11-5-4-6-12-23)27-16-9-14-25-24-13-7-8-17-29(24)41(34)32(25)27/h4-21H,1-3H3. The van der Waals surface area contributed by atoms with Gasteiger partial charge in [-0.05, 0) is 41.3 Å². The average Bonchev–Trinajstić information content (AvgIpc) is 3.61. The molecule has 0 N–H and O–H groups in total. The maximum absolute atomic E-state index is 6.60. The van der Waals surface area contributed by atoms with Crippen LogP contribution in [0.5, 0.6) is 0 Å². The van der Waals surface area contributed by atoms with E-state index in [0.717, 1.165) is 28.0 Å². The van der Waals surface area contributed by atoms with Crippen molar-refractivity contribution in [2.24, 2.45) is 5.41 Å². The summed E-state index contributed by atoms with van der Waals surface area (Å²) < 4.78 is 4.86. The molecular formula is C36H27B2N3. The number of nitrogens with zero attached hydrogens (tertiary/aromatic N) is 3. The number of para-hydroxylation sites is 3. The molecule has 0 unspecified atom stereocenters. The summed E-state index contributed by atoms with van der Waals surface area (Å²) in [6, 6.07) is 36.6. The highest BCUT2D eigenvalue weighted by Gasteiger charge is 2.33. The third-order valence-corrected chi connectivity index (χ3v) is 8.91. The van der Waals surface area contributed by atoms with Gasteiger partial charge in [0.2, 0.25) is 0 Å². The Labute approximate surface area is 241 Å². The molecule has 0 aliphatic heterocycles. The molecule has 0 saturated heterocycles. The quantitative estimate of drug-likeness (QED) is 0.213. The first-order valence-corrected chi connectivity index (χ1v) is 14.1. The molecule has 8 aromatic rings. The van der Waals surface area contributed by atoms with Crippen molar-refractivity contribution < 1.29 is 0 Å². The topological polar surface area (TPSA) is 22.2 Å². The Morgan fingerprint density at radius 3 is 2.05 bits per heavy atom. The van der Waals surface area contributed by atoms with Gasteiger partial charge in [0.1, 0.15) is 0 Å². The molecule has 0 aliphatic carbocycles. The number of rotatable bonds is 3. The number of aromatic nitrogens is 3. The van der Waals surface area contributed by atoms with Gasteiger partial charge in [0.15, 0.2) is 0 Å². The molecule has 4 heterocycles. The first-order valence-electron chi connectivity index (χ1n) is 14.1. The number of benzene rings is 4. The average molecular weight is 523 g/mol. The molecule has 3 nitrogen and oxygen atoms in total. The van der Waals surface area contributed by atoms with Crippen LogP contribution < -0.4 is 0 Å². The fraction of sp³-hybridized carbons (Fsp3) is 0.139. The fourth-order valence-corrected chi connectivity index (χ4v) is 6.52. The van der Waals surface area contributed by atoms with Crippen molar-refractivity contribution in [1.29, 1.82) is 0 Å². The molecule has 4 radical (unpaired) electrons. The number of pyridine rings is 1. The van der Waals surface area contributed by atoms with Crippen molar-refractivity contribution in [3.05, 3.63) is 115 Å². The summed E-state index contributed by atoms with van der Waals surface area (Å²) in [6.07, 6.45) is 1.84. The van der Waals surface area contributed by atoms with Gasteiger partial charge >= 0.3 is 0 Å². The van der Waals surface area contributed by atoms with Crippen molar-refractivity contribution in [2.45, 2.75) is 26.0 Å². The van der Waals surface area contributed by atoms with Crippen LogP contribution in [-0.4, -0.2) is 29.6 Å². The van der Waals surface area contributed by atoms with E-state index in [1.807, 2.05) is 12.3 Å². The van der Waals surface area contributed by atoms with E-state index in [1.165, 1.54) is 43.6 Å². The van der Waals surface area contributed by atoms with Crippen LogP contribution in [0.4, 0.5) is 0 Å². The van der Waals surface area contributed by atoms with Crippen molar-refractivity contribution in [1.82, 2.24) is 14.0 Å². The van der Waals surface area contributed by atoms with Gasteiger partial charge in [-0.2, -0.15) is 0 Å². The Hall–Kier alpha value is -4.50. The Bertz CT molecular complexity index is 2250. The van der Waals surface area contributed by atoms with Gasteiger partial charge in [0.05, 0.1) is 49.0 Å². The fourth-order valence-electron chi connectivity index (χ4n) is 6.52. The zero-order valence-electron chi connectivity index (χ0n) is 23.4. The molecule has 0 aliphatic rings. The second-order valence-electron chi connectivity index (χ2n) is 12.2. The van der Waals surface area contributed by atoms with Crippen LogP contribution in [0.15, 0.2) is 109 Å². The monoisotopic (exact) mass is 523 g/mol. The van der Waals surface area contributed by atoms with Crippen LogP contribution >= 0.6 is 0 Å². The van der Waals surface area contributed by atoms with Crippen LogP contribution in [0.3, 0.4) is 0 Å². The van der Waals surface area contributed by atoms with Crippen LogP contribution in [0.1, 0.15) is 26.3 Å². The molecule has 0 bridgehead atoms. The lowest BCUT2D eigenvalue weighted by Crippen LogP contribution is -2.41. The summed E-state index contributed by atoms with van der Waals surface area (Å²) in [5.74, 6) is 0. The van der Waals surface area contributed by atoms with Crippen molar-refractivity contribution in [2.75, 3.05) is 0 Å². The Morgan fingerprint density at radius 2 is 1.29 bits per heavy atom. The second kappa shape index (κ2) is 8.27. The molecule has 0 saturated carbocycles. The molecular weight excluding hydrogens is 496 g/mol. The highest BCUT2D eigenvalue weighted by atomic mass is 15.0. The van der Waals surface area contributed by atoms with E-state index in [-0.39, 0.29) is 5.41 Å². The van der Waals surface area contributed by atoms with Gasteiger partial charge in [-0.3, -0.25) is 4.98 Å². The molecule has 4 aromatic heterocycles. The first-order chi connectivity index (χ1) is 19.8. The van der Waals surface area contributed by atoms with E-state index in [2.05, 4.69) is 127 Å². The van der Waals surface area contributed by atoms with Crippen LogP contribution in [-0.2, 0) is 5.21 Å². The van der Waals surface area contributed by atoms with Crippen molar-refractivity contribution >= 4 is 64.8 Å². The highest BCUT2D eigenvalue weighted by molar-refractivity contribution is 6.40. The highest BCUT2D eigenvalue weighted by Crippen LogP contribution is 2.46. The summed E-state index contributed by atoms with van der Waals surface area (Å²) in [7, 11) is 13.2. The molecule has 0 spiro atoms. The Morgan fingerprint density at radius 1 is 0.610 bits per heavy atom. The smallest absolute Gasteiger partial charge is 0.0811 e. The summed E-state index contributed by atoms with van der Waals surface area (Å²) in [6.45, 7) is 6.16. The van der Waals surface area contributed by atoms with Gasteiger partial charge in [-0.15, -0.1) is 0 Å². The summed E-state index contributed by atoms with van der Waals surface area (Å²) >= 11 is 0. The Balaban J connectivity index is 1.53. The maximum Gasteiger partial charge on any atom is 0.0811 e. The van der Waals surface area contributed by atoms with Gasteiger partial charge in [-0.25, -0.2) is 0 Å². The van der Waals surface area contributed by atoms with Crippen LogP contribution in [0.2, 0.25) is 0 Å². The largest absolute Gasteiger partial charge is 0.307 e. The third kappa shape index (κ3) is 3.20. The van der Waals surface area contributed by atoms with Gasteiger partial charge < -0.3 is 8.97 Å². The number of fused-ring (bicyclic) bond motifs is 8. The minimum absolute atomic E-state index is 0.323. The number of hydrogen-bond donors (Lipinski definition) is 0. The molecule has 0 amide bonds. The lowest BCUT2D eigenvalue weighted by atomic mass is 9.41. The van der Waals surface area contributed by atoms with Gasteiger partial charge in [0.25, 0.3) is 0 Å². The van der Waals surface area contributed by atoms with Crippen LogP contribution in [0.25, 0.3) is 66.1 Å². The molecule has 0 fully saturated rings. The molecule has 8 rings (SSSR count). The Kier molecular flexibility index (Phi) is 4.90. The van der Waals surface area contributed by atoms with E-state index in [1.54, 1.807) is 0 Å². The van der Waals surface area contributed by atoms with E-state index in [4.69, 9.17) is 20.7 Å². The SMILES string of the molecule is [B]C([B])(c1ccc(-c2cccc3c2c2c(c4cccc5c6ccccc6n2c54)n3-c2ccccc2)nc1)C(C)(C)C. The zero-order valence-corrected chi connectivity index (χ0v) is 23.4. The predicted octanol–water partition coefficient (Wildman–Crippen LogP) is 8.38. The molecule has 41 heavy (non-hydrogen) atoms.